The maximum Gasteiger partial charge on any atom is 0.255 e. The van der Waals surface area contributed by atoms with Crippen LogP contribution in [0, 0.1) is 5.82 Å². The zero-order valence-corrected chi connectivity index (χ0v) is 14.8. The van der Waals surface area contributed by atoms with Crippen LogP contribution in [-0.2, 0) is 22.7 Å². The number of rotatable bonds is 6. The second-order valence-corrected chi connectivity index (χ2v) is 6.15. The average molecular weight is 370 g/mol. The molecule has 0 spiro atoms. The smallest absolute Gasteiger partial charge is 0.255 e. The average Bonchev–Trinajstić information content (AvgIpc) is 2.97. The fraction of sp³-hybridized carbons (Fsp3) is 0.250. The molecular formula is C20H19FN2O4. The molecule has 1 heterocycles. The number of hydrogen-bond donors (Lipinski definition) is 1. The van der Waals surface area contributed by atoms with Gasteiger partial charge in [0.05, 0.1) is 6.54 Å². The molecule has 1 aliphatic rings. The maximum absolute atomic E-state index is 13.8. The summed E-state index contributed by atoms with van der Waals surface area (Å²) in [6.07, 6.45) is 0.188. The van der Waals surface area contributed by atoms with E-state index in [0.717, 1.165) is 0 Å². The van der Waals surface area contributed by atoms with Crippen molar-refractivity contribution in [3.05, 3.63) is 65.0 Å². The summed E-state index contributed by atoms with van der Waals surface area (Å²) in [6.45, 7) is 1.64. The lowest BCUT2D eigenvalue weighted by Gasteiger charge is -2.15. The third-order valence-electron chi connectivity index (χ3n) is 4.28. The van der Waals surface area contributed by atoms with Gasteiger partial charge in [-0.05, 0) is 18.2 Å². The van der Waals surface area contributed by atoms with Gasteiger partial charge in [0.1, 0.15) is 24.7 Å². The first-order valence-electron chi connectivity index (χ1n) is 8.59. The van der Waals surface area contributed by atoms with E-state index in [-0.39, 0.29) is 37.8 Å². The molecule has 0 saturated carbocycles. The van der Waals surface area contributed by atoms with Crippen LogP contribution in [0.1, 0.15) is 34.8 Å². The molecule has 0 atom stereocenters. The Balaban J connectivity index is 1.71. The van der Waals surface area contributed by atoms with Crippen LogP contribution < -0.4 is 10.1 Å². The maximum atomic E-state index is 13.8. The summed E-state index contributed by atoms with van der Waals surface area (Å²) in [6, 6.07) is 11.3. The number of nitrogens with one attached hydrogen (secondary N) is 1. The normalized spacial score (nSPS) is 12.7. The minimum absolute atomic E-state index is 0.0306. The van der Waals surface area contributed by atoms with Crippen molar-refractivity contribution in [2.45, 2.75) is 26.5 Å². The van der Waals surface area contributed by atoms with E-state index >= 15 is 0 Å². The van der Waals surface area contributed by atoms with Crippen molar-refractivity contribution in [3.63, 3.8) is 0 Å². The highest BCUT2D eigenvalue weighted by molar-refractivity contribution is 6.02. The molecule has 0 bridgehead atoms. The molecule has 1 N–H and O–H groups in total. The summed E-state index contributed by atoms with van der Waals surface area (Å²) < 4.78 is 19.5. The summed E-state index contributed by atoms with van der Waals surface area (Å²) in [4.78, 5) is 37.1. The minimum atomic E-state index is -0.531. The quantitative estimate of drug-likeness (QED) is 0.847. The number of amides is 3. The molecule has 0 fully saturated rings. The molecule has 27 heavy (non-hydrogen) atoms. The highest BCUT2D eigenvalue weighted by Gasteiger charge is 2.31. The number of carbonyl (C=O) groups excluding carboxylic acids is 3. The lowest BCUT2D eigenvalue weighted by Crippen LogP contribution is -2.39. The van der Waals surface area contributed by atoms with Crippen LogP contribution >= 0.6 is 0 Å². The predicted octanol–water partition coefficient (Wildman–Crippen LogP) is 2.41. The molecular weight excluding hydrogens is 351 g/mol. The number of nitrogens with zero attached hydrogens (tertiary/aromatic N) is 1. The van der Waals surface area contributed by atoms with Gasteiger partial charge in [-0.25, -0.2) is 4.39 Å². The summed E-state index contributed by atoms with van der Waals surface area (Å²) in [7, 11) is 0. The van der Waals surface area contributed by atoms with Crippen LogP contribution in [0.2, 0.25) is 0 Å². The third-order valence-corrected chi connectivity index (χ3v) is 4.28. The summed E-state index contributed by atoms with van der Waals surface area (Å²) in [5, 5.41) is 2.23. The Morgan fingerprint density at radius 3 is 2.67 bits per heavy atom. The minimum Gasteiger partial charge on any atom is -0.488 e. The van der Waals surface area contributed by atoms with Gasteiger partial charge in [-0.15, -0.1) is 0 Å². The molecule has 0 unspecified atom stereocenters. The Bertz CT molecular complexity index is 897. The van der Waals surface area contributed by atoms with Crippen LogP contribution in [-0.4, -0.2) is 29.2 Å². The van der Waals surface area contributed by atoms with Gasteiger partial charge in [-0.1, -0.05) is 31.2 Å². The van der Waals surface area contributed by atoms with Gasteiger partial charge in [0.15, 0.2) is 0 Å². The summed E-state index contributed by atoms with van der Waals surface area (Å²) in [5.41, 5.74) is 1.50. The van der Waals surface area contributed by atoms with Gasteiger partial charge >= 0.3 is 0 Å². The number of imide groups is 1. The summed E-state index contributed by atoms with van der Waals surface area (Å²) in [5.74, 6) is -1.12. The van der Waals surface area contributed by atoms with E-state index in [4.69, 9.17) is 4.74 Å². The molecule has 7 heteroatoms. The molecule has 0 aromatic heterocycles. The van der Waals surface area contributed by atoms with E-state index in [1.807, 2.05) is 0 Å². The van der Waals surface area contributed by atoms with Crippen molar-refractivity contribution in [3.8, 4) is 5.75 Å². The van der Waals surface area contributed by atoms with Crippen molar-refractivity contribution in [1.29, 1.82) is 0 Å². The third kappa shape index (κ3) is 4.13. The van der Waals surface area contributed by atoms with Crippen molar-refractivity contribution in [2.24, 2.45) is 0 Å². The Labute approximate surface area is 155 Å². The van der Waals surface area contributed by atoms with E-state index in [9.17, 15) is 18.8 Å². The zero-order valence-electron chi connectivity index (χ0n) is 14.8. The standard InChI is InChI=1S/C20H19FN2O4/c1-2-18(24)22-19(25)11-23-10-15-14(20(23)26)7-5-9-17(15)27-12-13-6-3-4-8-16(13)21/h3-9H,2,10-12H2,1H3,(H,22,24,25). The van der Waals surface area contributed by atoms with Crippen molar-refractivity contribution >= 4 is 17.7 Å². The Kier molecular flexibility index (Phi) is 5.49. The van der Waals surface area contributed by atoms with Gasteiger partial charge in [0, 0.05) is 23.1 Å². The van der Waals surface area contributed by atoms with Gasteiger partial charge in [-0.3, -0.25) is 19.7 Å². The highest BCUT2D eigenvalue weighted by atomic mass is 19.1. The van der Waals surface area contributed by atoms with Gasteiger partial charge in [-0.2, -0.15) is 0 Å². The van der Waals surface area contributed by atoms with Crippen LogP contribution in [0.15, 0.2) is 42.5 Å². The molecule has 2 aromatic rings. The SMILES string of the molecule is CCC(=O)NC(=O)CN1Cc2c(OCc3ccccc3F)cccc2C1=O. The fourth-order valence-electron chi connectivity index (χ4n) is 2.85. The molecule has 1 aliphatic heterocycles. The second-order valence-electron chi connectivity index (χ2n) is 6.15. The fourth-order valence-corrected chi connectivity index (χ4v) is 2.85. The monoisotopic (exact) mass is 370 g/mol. The number of fused-ring (bicyclic) bond motifs is 1. The van der Waals surface area contributed by atoms with Gasteiger partial charge in [0.2, 0.25) is 11.8 Å². The van der Waals surface area contributed by atoms with E-state index < -0.39 is 11.8 Å². The van der Waals surface area contributed by atoms with E-state index in [2.05, 4.69) is 5.32 Å². The number of hydrogen-bond acceptors (Lipinski definition) is 4. The van der Waals surface area contributed by atoms with E-state index in [1.54, 1.807) is 43.3 Å². The van der Waals surface area contributed by atoms with Crippen LogP contribution in [0.25, 0.3) is 0 Å². The molecule has 6 nitrogen and oxygen atoms in total. The van der Waals surface area contributed by atoms with Gasteiger partial charge in [0.25, 0.3) is 5.91 Å². The highest BCUT2D eigenvalue weighted by Crippen LogP contribution is 2.31. The first-order valence-corrected chi connectivity index (χ1v) is 8.59. The summed E-state index contributed by atoms with van der Waals surface area (Å²) >= 11 is 0. The van der Waals surface area contributed by atoms with E-state index in [1.165, 1.54) is 11.0 Å². The molecule has 3 rings (SSSR count). The number of halogens is 1. The molecule has 0 radical (unpaired) electrons. The Morgan fingerprint density at radius 1 is 1.15 bits per heavy atom. The van der Waals surface area contributed by atoms with Gasteiger partial charge < -0.3 is 9.64 Å². The predicted molar refractivity (Wildman–Crippen MR) is 95.4 cm³/mol. The zero-order chi connectivity index (χ0) is 19.4. The van der Waals surface area contributed by atoms with E-state index in [0.29, 0.717) is 22.4 Å². The molecule has 2 aromatic carbocycles. The number of carbonyl (C=O) groups is 3. The Morgan fingerprint density at radius 2 is 1.93 bits per heavy atom. The first kappa shape index (κ1) is 18.6. The van der Waals surface area contributed by atoms with Crippen molar-refractivity contribution in [2.75, 3.05) is 6.54 Å². The van der Waals surface area contributed by atoms with Crippen LogP contribution in [0.3, 0.4) is 0 Å². The second kappa shape index (κ2) is 7.99. The molecule has 0 saturated heterocycles. The lowest BCUT2D eigenvalue weighted by molar-refractivity contribution is -0.130. The molecule has 3 amide bonds. The Hall–Kier alpha value is -3.22. The van der Waals surface area contributed by atoms with Crippen LogP contribution in [0.4, 0.5) is 4.39 Å². The molecule has 0 aliphatic carbocycles. The number of benzene rings is 2. The lowest BCUT2D eigenvalue weighted by atomic mass is 10.1. The van der Waals surface area contributed by atoms with Crippen LogP contribution in [0.5, 0.6) is 5.75 Å². The first-order chi connectivity index (χ1) is 13.0. The van der Waals surface area contributed by atoms with Crippen molar-refractivity contribution < 1.29 is 23.5 Å². The number of ether oxygens (including phenoxy) is 1. The molecule has 140 valence electrons. The van der Waals surface area contributed by atoms with Crippen molar-refractivity contribution in [1.82, 2.24) is 10.2 Å². The topological polar surface area (TPSA) is 75.7 Å². The largest absolute Gasteiger partial charge is 0.488 e.